The molecule has 0 aromatic heterocycles. The van der Waals surface area contributed by atoms with Crippen molar-refractivity contribution >= 4 is 15.9 Å². The molecule has 1 N–H and O–H groups in total. The summed E-state index contributed by atoms with van der Waals surface area (Å²) in [6.45, 7) is 3.44. The molecular weight excluding hydrogens is 274 g/mol. The van der Waals surface area contributed by atoms with Gasteiger partial charge in [0.15, 0.2) is 0 Å². The molecule has 2 heteroatoms. The van der Waals surface area contributed by atoms with E-state index in [0.717, 1.165) is 0 Å². The minimum Gasteiger partial charge on any atom is -0.314 e. The standard InChI is InChI=1S/C15H22BrN/c1-2-3-4-10-17-13-9-8-12-6-5-7-15(16)14(12)11-13/h5-7,13,17H,2-4,8-11H2,1H3. The van der Waals surface area contributed by atoms with Gasteiger partial charge in [-0.1, -0.05) is 47.8 Å². The zero-order valence-electron chi connectivity index (χ0n) is 10.6. The number of hydrogen-bond donors (Lipinski definition) is 1. The van der Waals surface area contributed by atoms with Gasteiger partial charge in [-0.2, -0.15) is 0 Å². The first kappa shape index (κ1) is 13.1. The summed E-state index contributed by atoms with van der Waals surface area (Å²) < 4.78 is 1.29. The summed E-state index contributed by atoms with van der Waals surface area (Å²) in [5.41, 5.74) is 3.05. The molecular formula is C15H22BrN. The van der Waals surface area contributed by atoms with Gasteiger partial charge in [0, 0.05) is 10.5 Å². The van der Waals surface area contributed by atoms with Crippen molar-refractivity contribution in [1.29, 1.82) is 0 Å². The number of unbranched alkanes of at least 4 members (excludes halogenated alkanes) is 2. The second-order valence-corrected chi connectivity index (χ2v) is 5.83. The molecule has 0 saturated carbocycles. The highest BCUT2D eigenvalue weighted by molar-refractivity contribution is 9.10. The van der Waals surface area contributed by atoms with Crippen LogP contribution in [0.1, 0.15) is 43.7 Å². The van der Waals surface area contributed by atoms with Crippen molar-refractivity contribution in [3.8, 4) is 0 Å². The van der Waals surface area contributed by atoms with Crippen molar-refractivity contribution in [2.24, 2.45) is 0 Å². The fourth-order valence-electron chi connectivity index (χ4n) is 2.60. The summed E-state index contributed by atoms with van der Waals surface area (Å²) >= 11 is 3.67. The summed E-state index contributed by atoms with van der Waals surface area (Å²) in [5, 5.41) is 3.70. The molecule has 0 amide bonds. The third-order valence-corrected chi connectivity index (χ3v) is 4.38. The van der Waals surface area contributed by atoms with Crippen molar-refractivity contribution in [1.82, 2.24) is 5.32 Å². The molecule has 0 fully saturated rings. The quantitative estimate of drug-likeness (QED) is 0.807. The summed E-state index contributed by atoms with van der Waals surface area (Å²) in [4.78, 5) is 0. The Morgan fingerprint density at radius 1 is 1.35 bits per heavy atom. The molecule has 2 rings (SSSR count). The Balaban J connectivity index is 1.87. The van der Waals surface area contributed by atoms with E-state index in [1.807, 2.05) is 0 Å². The van der Waals surface area contributed by atoms with Crippen LogP contribution in [0.2, 0.25) is 0 Å². The van der Waals surface area contributed by atoms with Crippen LogP contribution in [0.15, 0.2) is 22.7 Å². The van der Waals surface area contributed by atoms with Gasteiger partial charge < -0.3 is 5.32 Å². The third-order valence-electron chi connectivity index (χ3n) is 3.64. The number of fused-ring (bicyclic) bond motifs is 1. The zero-order chi connectivity index (χ0) is 12.1. The molecule has 0 aliphatic heterocycles. The van der Waals surface area contributed by atoms with E-state index in [4.69, 9.17) is 0 Å². The largest absolute Gasteiger partial charge is 0.314 e. The molecule has 17 heavy (non-hydrogen) atoms. The molecule has 1 aliphatic rings. The topological polar surface area (TPSA) is 12.0 Å². The second kappa shape index (κ2) is 6.55. The number of rotatable bonds is 5. The number of benzene rings is 1. The maximum Gasteiger partial charge on any atom is 0.0210 e. The Hall–Kier alpha value is -0.340. The van der Waals surface area contributed by atoms with Crippen LogP contribution in [0, 0.1) is 0 Å². The predicted molar refractivity (Wildman–Crippen MR) is 77.5 cm³/mol. The number of aryl methyl sites for hydroxylation is 1. The van der Waals surface area contributed by atoms with Crippen molar-refractivity contribution in [2.75, 3.05) is 6.54 Å². The van der Waals surface area contributed by atoms with Crippen LogP contribution >= 0.6 is 15.9 Å². The van der Waals surface area contributed by atoms with Crippen LogP contribution in [0.25, 0.3) is 0 Å². The maximum absolute atomic E-state index is 3.70. The van der Waals surface area contributed by atoms with Crippen molar-refractivity contribution < 1.29 is 0 Å². The Morgan fingerprint density at radius 2 is 2.24 bits per heavy atom. The second-order valence-electron chi connectivity index (χ2n) is 4.98. The van der Waals surface area contributed by atoms with E-state index in [0.29, 0.717) is 6.04 Å². The van der Waals surface area contributed by atoms with Crippen LogP contribution < -0.4 is 5.32 Å². The molecule has 1 unspecified atom stereocenters. The lowest BCUT2D eigenvalue weighted by Gasteiger charge is -2.26. The molecule has 0 radical (unpaired) electrons. The fourth-order valence-corrected chi connectivity index (χ4v) is 3.17. The lowest BCUT2D eigenvalue weighted by Crippen LogP contribution is -2.35. The zero-order valence-corrected chi connectivity index (χ0v) is 12.2. The van der Waals surface area contributed by atoms with Crippen LogP contribution in [-0.2, 0) is 12.8 Å². The van der Waals surface area contributed by atoms with E-state index in [-0.39, 0.29) is 0 Å². The van der Waals surface area contributed by atoms with E-state index in [1.165, 1.54) is 60.7 Å². The average Bonchev–Trinajstić information content (AvgIpc) is 2.36. The Bertz CT molecular complexity index is 362. The van der Waals surface area contributed by atoms with Crippen LogP contribution in [-0.4, -0.2) is 12.6 Å². The first-order valence-corrected chi connectivity index (χ1v) is 7.60. The third kappa shape index (κ3) is 3.56. The minimum absolute atomic E-state index is 0.679. The average molecular weight is 296 g/mol. The lowest BCUT2D eigenvalue weighted by atomic mass is 9.88. The molecule has 0 saturated heterocycles. The molecule has 94 valence electrons. The first-order valence-electron chi connectivity index (χ1n) is 6.81. The Morgan fingerprint density at radius 3 is 3.06 bits per heavy atom. The molecule has 1 nitrogen and oxygen atoms in total. The van der Waals surface area contributed by atoms with E-state index >= 15 is 0 Å². The van der Waals surface area contributed by atoms with Crippen LogP contribution in [0.4, 0.5) is 0 Å². The highest BCUT2D eigenvalue weighted by Gasteiger charge is 2.19. The minimum atomic E-state index is 0.679. The highest BCUT2D eigenvalue weighted by Crippen LogP contribution is 2.28. The van der Waals surface area contributed by atoms with Gasteiger partial charge in [0.25, 0.3) is 0 Å². The Kier molecular flexibility index (Phi) is 5.05. The number of hydrogen-bond acceptors (Lipinski definition) is 1. The molecule has 0 heterocycles. The first-order chi connectivity index (χ1) is 8.31. The summed E-state index contributed by atoms with van der Waals surface area (Å²) in [7, 11) is 0. The van der Waals surface area contributed by atoms with Gasteiger partial charge in [-0.25, -0.2) is 0 Å². The fraction of sp³-hybridized carbons (Fsp3) is 0.600. The van der Waals surface area contributed by atoms with E-state index < -0.39 is 0 Å². The molecule has 1 aromatic rings. The normalized spacial score (nSPS) is 19.1. The van der Waals surface area contributed by atoms with Gasteiger partial charge in [-0.05, 0) is 49.4 Å². The molecule has 1 aromatic carbocycles. The monoisotopic (exact) mass is 295 g/mol. The maximum atomic E-state index is 3.70. The molecule has 1 aliphatic carbocycles. The van der Waals surface area contributed by atoms with E-state index in [1.54, 1.807) is 0 Å². The number of nitrogens with one attached hydrogen (secondary N) is 1. The van der Waals surface area contributed by atoms with Crippen LogP contribution in [0.5, 0.6) is 0 Å². The molecule has 0 spiro atoms. The van der Waals surface area contributed by atoms with Crippen molar-refractivity contribution in [2.45, 2.75) is 51.5 Å². The lowest BCUT2D eigenvalue weighted by molar-refractivity contribution is 0.449. The highest BCUT2D eigenvalue weighted by atomic mass is 79.9. The Labute approximate surface area is 113 Å². The van der Waals surface area contributed by atoms with Gasteiger partial charge >= 0.3 is 0 Å². The van der Waals surface area contributed by atoms with Gasteiger partial charge in [0.1, 0.15) is 0 Å². The van der Waals surface area contributed by atoms with E-state index in [2.05, 4.69) is 46.4 Å². The predicted octanol–water partition coefficient (Wildman–Crippen LogP) is 4.09. The van der Waals surface area contributed by atoms with Crippen molar-refractivity contribution in [3.63, 3.8) is 0 Å². The summed E-state index contributed by atoms with van der Waals surface area (Å²) in [6, 6.07) is 7.27. The SMILES string of the molecule is CCCCCNC1CCc2cccc(Br)c2C1. The molecule has 1 atom stereocenters. The molecule has 0 bridgehead atoms. The van der Waals surface area contributed by atoms with Gasteiger partial charge in [-0.15, -0.1) is 0 Å². The van der Waals surface area contributed by atoms with E-state index in [9.17, 15) is 0 Å². The summed E-state index contributed by atoms with van der Waals surface area (Å²) in [5.74, 6) is 0. The van der Waals surface area contributed by atoms with Gasteiger partial charge in [0.2, 0.25) is 0 Å². The van der Waals surface area contributed by atoms with Gasteiger partial charge in [0.05, 0.1) is 0 Å². The van der Waals surface area contributed by atoms with Crippen LogP contribution in [0.3, 0.4) is 0 Å². The van der Waals surface area contributed by atoms with Gasteiger partial charge in [-0.3, -0.25) is 0 Å². The summed E-state index contributed by atoms with van der Waals surface area (Å²) in [6.07, 6.45) is 7.66. The number of halogens is 1. The van der Waals surface area contributed by atoms with Crippen molar-refractivity contribution in [3.05, 3.63) is 33.8 Å². The smallest absolute Gasteiger partial charge is 0.0210 e.